The maximum atomic E-state index is 11.6. The fourth-order valence-corrected chi connectivity index (χ4v) is 3.13. The standard InChI is InChI=1S/C13H19NO3S/c1-2-18(16,17)11-8-6-10(7-9-11)14-12-4-3-5-13(12)15/h6-9,12-15H,2-5H2,1H3/t12-,13+/m0/s1. The van der Waals surface area contributed by atoms with Gasteiger partial charge in [0.15, 0.2) is 9.84 Å². The summed E-state index contributed by atoms with van der Waals surface area (Å²) < 4.78 is 23.3. The van der Waals surface area contributed by atoms with Crippen LogP contribution in [-0.4, -0.2) is 31.4 Å². The minimum absolute atomic E-state index is 0.0821. The molecule has 18 heavy (non-hydrogen) atoms. The monoisotopic (exact) mass is 269 g/mol. The van der Waals surface area contributed by atoms with Crippen LogP contribution in [0.3, 0.4) is 0 Å². The summed E-state index contributed by atoms with van der Waals surface area (Å²) in [5, 5.41) is 13.0. The highest BCUT2D eigenvalue weighted by Gasteiger charge is 2.24. The molecule has 1 aliphatic rings. The summed E-state index contributed by atoms with van der Waals surface area (Å²) in [5.74, 6) is 0.112. The third-order valence-electron chi connectivity index (χ3n) is 3.43. The molecule has 1 aliphatic carbocycles. The second kappa shape index (κ2) is 5.28. The molecule has 1 aromatic rings. The lowest BCUT2D eigenvalue weighted by molar-refractivity contribution is 0.172. The second-order valence-corrected chi connectivity index (χ2v) is 6.96. The summed E-state index contributed by atoms with van der Waals surface area (Å²) in [6, 6.07) is 6.82. The summed E-state index contributed by atoms with van der Waals surface area (Å²) in [4.78, 5) is 0.350. The van der Waals surface area contributed by atoms with Crippen molar-refractivity contribution < 1.29 is 13.5 Å². The number of aliphatic hydroxyl groups is 1. The van der Waals surface area contributed by atoms with E-state index in [9.17, 15) is 13.5 Å². The lowest BCUT2D eigenvalue weighted by Gasteiger charge is -2.17. The molecule has 0 heterocycles. The van der Waals surface area contributed by atoms with E-state index >= 15 is 0 Å². The first-order valence-electron chi connectivity index (χ1n) is 6.30. The van der Waals surface area contributed by atoms with Crippen molar-refractivity contribution in [3.8, 4) is 0 Å². The Morgan fingerprint density at radius 2 is 1.94 bits per heavy atom. The van der Waals surface area contributed by atoms with Gasteiger partial charge in [0.1, 0.15) is 0 Å². The minimum Gasteiger partial charge on any atom is -0.391 e. The van der Waals surface area contributed by atoms with E-state index in [-0.39, 0.29) is 17.9 Å². The Labute approximate surface area is 108 Å². The highest BCUT2D eigenvalue weighted by Crippen LogP contribution is 2.23. The highest BCUT2D eigenvalue weighted by molar-refractivity contribution is 7.91. The Hall–Kier alpha value is -1.07. The van der Waals surface area contributed by atoms with Crippen LogP contribution in [0.15, 0.2) is 29.2 Å². The smallest absolute Gasteiger partial charge is 0.178 e. The molecule has 1 saturated carbocycles. The molecular weight excluding hydrogens is 250 g/mol. The maximum Gasteiger partial charge on any atom is 0.178 e. The number of hydrogen-bond donors (Lipinski definition) is 2. The lowest BCUT2D eigenvalue weighted by Crippen LogP contribution is -2.27. The summed E-state index contributed by atoms with van der Waals surface area (Å²) in [7, 11) is -3.13. The van der Waals surface area contributed by atoms with E-state index in [1.165, 1.54) is 0 Å². The lowest BCUT2D eigenvalue weighted by atomic mass is 10.2. The van der Waals surface area contributed by atoms with Gasteiger partial charge in [0, 0.05) is 5.69 Å². The molecule has 2 atom stereocenters. The largest absolute Gasteiger partial charge is 0.391 e. The molecule has 1 fully saturated rings. The van der Waals surface area contributed by atoms with Gasteiger partial charge in [-0.15, -0.1) is 0 Å². The molecule has 0 saturated heterocycles. The normalized spacial score (nSPS) is 24.1. The molecule has 4 nitrogen and oxygen atoms in total. The molecule has 0 aliphatic heterocycles. The fourth-order valence-electron chi connectivity index (χ4n) is 2.25. The van der Waals surface area contributed by atoms with Crippen molar-refractivity contribution in [2.24, 2.45) is 0 Å². The average Bonchev–Trinajstić information content (AvgIpc) is 2.76. The van der Waals surface area contributed by atoms with Crippen LogP contribution in [0.4, 0.5) is 5.69 Å². The average molecular weight is 269 g/mol. The molecule has 2 N–H and O–H groups in total. The van der Waals surface area contributed by atoms with Crippen molar-refractivity contribution in [3.05, 3.63) is 24.3 Å². The number of rotatable bonds is 4. The fraction of sp³-hybridized carbons (Fsp3) is 0.538. The van der Waals surface area contributed by atoms with Gasteiger partial charge in [0.05, 0.1) is 22.8 Å². The van der Waals surface area contributed by atoms with E-state index < -0.39 is 9.84 Å². The quantitative estimate of drug-likeness (QED) is 0.875. The van der Waals surface area contributed by atoms with Crippen molar-refractivity contribution in [2.75, 3.05) is 11.1 Å². The minimum atomic E-state index is -3.13. The van der Waals surface area contributed by atoms with Crippen LogP contribution < -0.4 is 5.32 Å². The van der Waals surface area contributed by atoms with E-state index in [0.717, 1.165) is 24.9 Å². The van der Waals surface area contributed by atoms with Crippen molar-refractivity contribution >= 4 is 15.5 Å². The van der Waals surface area contributed by atoms with Crippen molar-refractivity contribution in [3.63, 3.8) is 0 Å². The molecular formula is C13H19NO3S. The molecule has 0 spiro atoms. The van der Waals surface area contributed by atoms with Crippen LogP contribution in [0.1, 0.15) is 26.2 Å². The Balaban J connectivity index is 2.08. The first kappa shape index (κ1) is 13.4. The Morgan fingerprint density at radius 1 is 1.28 bits per heavy atom. The van der Waals surface area contributed by atoms with Gasteiger partial charge < -0.3 is 10.4 Å². The van der Waals surface area contributed by atoms with Gasteiger partial charge >= 0.3 is 0 Å². The molecule has 2 rings (SSSR count). The van der Waals surface area contributed by atoms with Crippen LogP contribution in [0.5, 0.6) is 0 Å². The Morgan fingerprint density at radius 3 is 2.44 bits per heavy atom. The van der Waals surface area contributed by atoms with Crippen LogP contribution in [0.2, 0.25) is 0 Å². The van der Waals surface area contributed by atoms with Crippen molar-refractivity contribution in [1.82, 2.24) is 0 Å². The van der Waals surface area contributed by atoms with Gasteiger partial charge in [-0.1, -0.05) is 6.92 Å². The third-order valence-corrected chi connectivity index (χ3v) is 5.18. The van der Waals surface area contributed by atoms with E-state index in [2.05, 4.69) is 5.32 Å². The first-order valence-corrected chi connectivity index (χ1v) is 7.95. The van der Waals surface area contributed by atoms with E-state index in [1.54, 1.807) is 31.2 Å². The first-order chi connectivity index (χ1) is 8.53. The molecule has 0 aromatic heterocycles. The Bertz CT molecular complexity index is 495. The summed E-state index contributed by atoms with van der Waals surface area (Å²) in [6.45, 7) is 1.64. The number of aliphatic hydroxyl groups excluding tert-OH is 1. The number of nitrogens with one attached hydrogen (secondary N) is 1. The van der Waals surface area contributed by atoms with Gasteiger partial charge in [-0.2, -0.15) is 0 Å². The highest BCUT2D eigenvalue weighted by atomic mass is 32.2. The molecule has 0 radical (unpaired) electrons. The predicted octanol–water partition coefficient (Wildman–Crippen LogP) is 1.81. The van der Waals surface area contributed by atoms with Gasteiger partial charge in [0.25, 0.3) is 0 Å². The number of hydrogen-bond acceptors (Lipinski definition) is 4. The van der Waals surface area contributed by atoms with Crippen LogP contribution in [-0.2, 0) is 9.84 Å². The molecule has 5 heteroatoms. The number of anilines is 1. The zero-order valence-electron chi connectivity index (χ0n) is 10.5. The Kier molecular flexibility index (Phi) is 3.92. The zero-order valence-corrected chi connectivity index (χ0v) is 11.3. The zero-order chi connectivity index (χ0) is 13.2. The molecule has 0 amide bonds. The predicted molar refractivity (Wildman–Crippen MR) is 71.4 cm³/mol. The van der Waals surface area contributed by atoms with Crippen LogP contribution in [0.25, 0.3) is 0 Å². The maximum absolute atomic E-state index is 11.6. The second-order valence-electron chi connectivity index (χ2n) is 4.68. The van der Waals surface area contributed by atoms with Gasteiger partial charge in [-0.25, -0.2) is 8.42 Å². The van der Waals surface area contributed by atoms with Gasteiger partial charge in [-0.3, -0.25) is 0 Å². The summed E-state index contributed by atoms with van der Waals surface area (Å²) in [6.07, 6.45) is 2.51. The molecule has 0 bridgehead atoms. The van der Waals surface area contributed by atoms with E-state index in [4.69, 9.17) is 0 Å². The molecule has 1 aromatic carbocycles. The van der Waals surface area contributed by atoms with Crippen molar-refractivity contribution in [2.45, 2.75) is 43.2 Å². The number of benzene rings is 1. The van der Waals surface area contributed by atoms with Gasteiger partial charge in [-0.05, 0) is 43.5 Å². The molecule has 100 valence electrons. The third kappa shape index (κ3) is 2.84. The van der Waals surface area contributed by atoms with E-state index in [0.29, 0.717) is 4.90 Å². The van der Waals surface area contributed by atoms with Crippen LogP contribution in [0, 0.1) is 0 Å². The van der Waals surface area contributed by atoms with Crippen molar-refractivity contribution in [1.29, 1.82) is 0 Å². The van der Waals surface area contributed by atoms with E-state index in [1.807, 2.05) is 0 Å². The summed E-state index contributed by atoms with van der Waals surface area (Å²) in [5.41, 5.74) is 0.857. The SMILES string of the molecule is CCS(=O)(=O)c1ccc(N[C@H]2CCC[C@H]2O)cc1. The molecule has 0 unspecified atom stereocenters. The topological polar surface area (TPSA) is 66.4 Å². The number of sulfone groups is 1. The summed E-state index contributed by atoms with van der Waals surface area (Å²) >= 11 is 0. The van der Waals surface area contributed by atoms with Gasteiger partial charge in [0.2, 0.25) is 0 Å². The van der Waals surface area contributed by atoms with Crippen LogP contribution >= 0.6 is 0 Å².